The zero-order valence-electron chi connectivity index (χ0n) is 15.3. The molecule has 28 heavy (non-hydrogen) atoms. The Hall–Kier alpha value is -2.34. The van der Waals surface area contributed by atoms with Crippen LogP contribution in [0.4, 0.5) is 0 Å². The van der Waals surface area contributed by atoms with Gasteiger partial charge >= 0.3 is 13.1 Å². The molecule has 0 unspecified atom stereocenters. The van der Waals surface area contributed by atoms with E-state index in [1.165, 1.54) is 24.0 Å². The lowest BCUT2D eigenvalue weighted by atomic mass is 9.81. The number of hydrogen-bond donors (Lipinski definition) is 6. The van der Waals surface area contributed by atoms with Crippen LogP contribution in [0.25, 0.3) is 0 Å². The monoisotopic (exact) mass is 394 g/mol. The van der Waals surface area contributed by atoms with Gasteiger partial charge in [0, 0.05) is 5.82 Å². The lowest BCUT2D eigenvalue weighted by Gasteiger charge is -2.42. The molecule has 1 heterocycles. The second kappa shape index (κ2) is 7.24. The molecule has 1 amide bonds. The fourth-order valence-electron chi connectivity index (χ4n) is 3.38. The maximum absolute atomic E-state index is 12.1. The number of aliphatic hydroxyl groups is 1. The van der Waals surface area contributed by atoms with Gasteiger partial charge in [-0.2, -0.15) is 0 Å². The number of rotatable bonds is 7. The molecule has 1 saturated carbocycles. The summed E-state index contributed by atoms with van der Waals surface area (Å²) in [4.78, 5) is 25.2. The van der Waals surface area contributed by atoms with Gasteiger partial charge in [0.1, 0.15) is 28.7 Å². The van der Waals surface area contributed by atoms with Gasteiger partial charge in [0.25, 0.3) is 0 Å². The molecule has 11 heteroatoms. The molecule has 3 atom stereocenters. The van der Waals surface area contributed by atoms with Crippen molar-refractivity contribution in [3.8, 4) is 11.5 Å². The Morgan fingerprint density at radius 2 is 2.00 bits per heavy atom. The van der Waals surface area contributed by atoms with Crippen LogP contribution in [-0.4, -0.2) is 80.6 Å². The van der Waals surface area contributed by atoms with Crippen molar-refractivity contribution in [3.63, 3.8) is 0 Å². The summed E-state index contributed by atoms with van der Waals surface area (Å²) in [6.07, 6.45) is -0.0397. The van der Waals surface area contributed by atoms with Crippen LogP contribution in [0.15, 0.2) is 12.1 Å². The van der Waals surface area contributed by atoms with Crippen molar-refractivity contribution in [1.29, 1.82) is 0 Å². The minimum absolute atomic E-state index is 0.0368. The zero-order valence-corrected chi connectivity index (χ0v) is 15.3. The van der Waals surface area contributed by atoms with Gasteiger partial charge in [-0.05, 0) is 30.9 Å². The second-order valence-corrected chi connectivity index (χ2v) is 7.63. The quantitative estimate of drug-likeness (QED) is 0.308. The third-order valence-corrected chi connectivity index (χ3v) is 5.25. The Labute approximate surface area is 161 Å². The average molecular weight is 394 g/mol. The summed E-state index contributed by atoms with van der Waals surface area (Å²) in [5.41, 5.74) is 4.24. The molecule has 1 aromatic rings. The third kappa shape index (κ3) is 3.66. The van der Waals surface area contributed by atoms with Gasteiger partial charge < -0.3 is 40.7 Å². The van der Waals surface area contributed by atoms with Crippen LogP contribution in [0.2, 0.25) is 5.82 Å². The van der Waals surface area contributed by atoms with Crippen LogP contribution in [0.1, 0.15) is 35.2 Å². The maximum Gasteiger partial charge on any atom is 0.455 e. The minimum atomic E-state index is -1.53. The number of carbonyl (C=O) groups excluding carboxylic acids is 1. The van der Waals surface area contributed by atoms with Crippen LogP contribution < -0.4 is 10.5 Å². The molecule has 7 N–H and O–H groups in total. The highest BCUT2D eigenvalue weighted by atomic mass is 16.5. The number of nitrogens with two attached hydrogens (primary N) is 1. The third-order valence-electron chi connectivity index (χ3n) is 5.25. The van der Waals surface area contributed by atoms with Gasteiger partial charge in [-0.1, -0.05) is 6.07 Å². The number of aromatic hydroxyl groups is 1. The van der Waals surface area contributed by atoms with Crippen molar-refractivity contribution in [2.75, 3.05) is 19.7 Å². The molecule has 1 saturated heterocycles. The van der Waals surface area contributed by atoms with E-state index in [-0.39, 0.29) is 24.8 Å². The van der Waals surface area contributed by atoms with Gasteiger partial charge in [0.05, 0.1) is 19.7 Å². The first-order valence-electron chi connectivity index (χ1n) is 8.88. The van der Waals surface area contributed by atoms with Crippen molar-refractivity contribution in [2.24, 2.45) is 5.73 Å². The highest BCUT2D eigenvalue weighted by Crippen LogP contribution is 2.56. The lowest BCUT2D eigenvalue weighted by Crippen LogP contribution is -2.64. The highest BCUT2D eigenvalue weighted by Gasteiger charge is 2.48. The SMILES string of the molecule is C[C@](N)(CO)C(=O)N1CC(Oc2ccc([C@H]3C[C@H]3B(O)O)c(O)c2C(=O)O)C1. The van der Waals surface area contributed by atoms with Gasteiger partial charge in [-0.15, -0.1) is 0 Å². The summed E-state index contributed by atoms with van der Waals surface area (Å²) in [5.74, 6) is -3.08. The van der Waals surface area contributed by atoms with Gasteiger partial charge in [-0.25, -0.2) is 4.79 Å². The molecule has 0 radical (unpaired) electrons. The maximum atomic E-state index is 12.1. The fourth-order valence-corrected chi connectivity index (χ4v) is 3.38. The van der Waals surface area contributed by atoms with Gasteiger partial charge in [0.2, 0.25) is 5.91 Å². The summed E-state index contributed by atoms with van der Waals surface area (Å²) in [5, 5.41) is 47.5. The number of ether oxygens (including phenoxy) is 1. The number of carbonyl (C=O) groups is 2. The Morgan fingerprint density at radius 3 is 2.50 bits per heavy atom. The first-order valence-corrected chi connectivity index (χ1v) is 8.88. The Bertz CT molecular complexity index is 794. The first kappa shape index (κ1) is 20.4. The van der Waals surface area contributed by atoms with Crippen LogP contribution >= 0.6 is 0 Å². The van der Waals surface area contributed by atoms with Crippen molar-refractivity contribution < 1.29 is 39.7 Å². The topological polar surface area (TPSA) is 174 Å². The number of nitrogens with zero attached hydrogens (tertiary/aromatic N) is 1. The van der Waals surface area contributed by atoms with E-state index in [1.54, 1.807) is 0 Å². The summed E-state index contributed by atoms with van der Waals surface area (Å²) in [6, 6.07) is 2.93. The van der Waals surface area contributed by atoms with Crippen molar-refractivity contribution in [2.45, 2.75) is 36.7 Å². The van der Waals surface area contributed by atoms with Crippen LogP contribution in [-0.2, 0) is 4.79 Å². The van der Waals surface area contributed by atoms with Crippen LogP contribution in [0.5, 0.6) is 11.5 Å². The molecule has 2 fully saturated rings. The fraction of sp³-hybridized carbons (Fsp3) is 0.529. The molecule has 2 aliphatic rings. The number of aromatic carboxylic acids is 1. The Kier molecular flexibility index (Phi) is 5.28. The number of hydrogen-bond acceptors (Lipinski definition) is 8. The van der Waals surface area contributed by atoms with Crippen molar-refractivity contribution in [3.05, 3.63) is 23.3 Å². The molecule has 0 spiro atoms. The van der Waals surface area contributed by atoms with E-state index >= 15 is 0 Å². The highest BCUT2D eigenvalue weighted by molar-refractivity contribution is 6.44. The zero-order chi connectivity index (χ0) is 20.8. The number of carboxylic acid groups (broad SMARTS) is 1. The summed E-state index contributed by atoms with van der Waals surface area (Å²) < 4.78 is 5.64. The normalized spacial score (nSPS) is 23.5. The van der Waals surface area contributed by atoms with Crippen LogP contribution in [0.3, 0.4) is 0 Å². The van der Waals surface area contributed by atoms with Crippen molar-refractivity contribution in [1.82, 2.24) is 4.90 Å². The molecule has 1 aromatic carbocycles. The van der Waals surface area contributed by atoms with E-state index in [1.807, 2.05) is 0 Å². The van der Waals surface area contributed by atoms with E-state index in [2.05, 4.69) is 0 Å². The second-order valence-electron chi connectivity index (χ2n) is 7.63. The molecular formula is C17H23BN2O8. The smallest absolute Gasteiger partial charge is 0.455 e. The molecule has 152 valence electrons. The number of benzene rings is 1. The van der Waals surface area contributed by atoms with E-state index in [9.17, 15) is 29.9 Å². The van der Waals surface area contributed by atoms with E-state index in [4.69, 9.17) is 15.6 Å². The number of aliphatic hydroxyl groups excluding tert-OH is 1. The van der Waals surface area contributed by atoms with Gasteiger partial charge in [0.15, 0.2) is 0 Å². The van der Waals surface area contributed by atoms with Crippen molar-refractivity contribution >= 4 is 19.0 Å². The van der Waals surface area contributed by atoms with Crippen LogP contribution in [0, 0.1) is 0 Å². The number of likely N-dealkylation sites (tertiary alicyclic amines) is 1. The van der Waals surface area contributed by atoms with E-state index < -0.39 is 54.4 Å². The molecular weight excluding hydrogens is 371 g/mol. The molecule has 3 rings (SSSR count). The molecule has 1 aliphatic carbocycles. The lowest BCUT2D eigenvalue weighted by molar-refractivity contribution is -0.146. The van der Waals surface area contributed by atoms with E-state index in [0.29, 0.717) is 12.0 Å². The Morgan fingerprint density at radius 1 is 1.36 bits per heavy atom. The number of amides is 1. The predicted molar refractivity (Wildman–Crippen MR) is 97.0 cm³/mol. The summed E-state index contributed by atoms with van der Waals surface area (Å²) in [6.45, 7) is 1.26. The standard InChI is InChI=1S/C17H23BN2O8/c1-17(19,7-21)16(25)20-5-8(6-20)28-12-3-2-9(10-4-11(10)18(26)27)14(22)13(12)15(23)24/h2-3,8,10-11,21-22,26-27H,4-7,19H2,1H3,(H,23,24)/t10-,11-,17+/m1/s1. The first-order chi connectivity index (χ1) is 13.1. The van der Waals surface area contributed by atoms with Gasteiger partial charge in [-0.3, -0.25) is 4.79 Å². The largest absolute Gasteiger partial charge is 0.507 e. The molecule has 10 nitrogen and oxygen atoms in total. The predicted octanol–water partition coefficient (Wildman–Crippen LogP) is -1.28. The molecule has 0 aromatic heterocycles. The minimum Gasteiger partial charge on any atom is -0.507 e. The molecule has 0 bridgehead atoms. The average Bonchev–Trinajstić information content (AvgIpc) is 3.37. The molecule has 1 aliphatic heterocycles. The van der Waals surface area contributed by atoms with E-state index in [0.717, 1.165) is 0 Å². The summed E-state index contributed by atoms with van der Waals surface area (Å²) >= 11 is 0. The number of carboxylic acids is 1. The Balaban J connectivity index is 1.71. The number of phenols is 1. The summed E-state index contributed by atoms with van der Waals surface area (Å²) in [7, 11) is -1.53.